The molecule has 0 bridgehead atoms. The average Bonchev–Trinajstić information content (AvgIpc) is 2.48. The van der Waals surface area contributed by atoms with Gasteiger partial charge in [0.05, 0.1) is 30.2 Å². The molecule has 0 radical (unpaired) electrons. The Labute approximate surface area is 125 Å². The Morgan fingerprint density at radius 2 is 1.85 bits per heavy atom. The van der Waals surface area contributed by atoms with Gasteiger partial charge in [-0.3, -0.25) is 4.79 Å². The maximum absolute atomic E-state index is 11.9. The van der Waals surface area contributed by atoms with Crippen LogP contribution in [0.4, 0.5) is 5.69 Å². The molecule has 1 aliphatic heterocycles. The Kier molecular flexibility index (Phi) is 5.83. The third-order valence-corrected chi connectivity index (χ3v) is 4.35. The molecule has 1 amide bonds. The van der Waals surface area contributed by atoms with Crippen LogP contribution in [0.15, 0.2) is 24.3 Å². The fourth-order valence-corrected chi connectivity index (χ4v) is 2.81. The van der Waals surface area contributed by atoms with Gasteiger partial charge >= 0.3 is 0 Å². The molecule has 1 heterocycles. The number of carbonyl (C=O) groups excluding carboxylic acids is 1. The number of quaternary nitrogens is 2. The first-order valence-corrected chi connectivity index (χ1v) is 7.78. The first kappa shape index (κ1) is 15.3. The summed E-state index contributed by atoms with van der Waals surface area (Å²) in [4.78, 5) is 15.2. The van der Waals surface area contributed by atoms with Crippen LogP contribution in [0.5, 0.6) is 0 Å². The number of hydrogen-bond acceptors (Lipinski definition) is 1. The SMILES string of the molecule is CC[NH+]1CC[NH+](CCC(=O)Nc2ccccc2Cl)CC1. The second-order valence-corrected chi connectivity index (χ2v) is 5.79. The third kappa shape index (κ3) is 4.47. The fourth-order valence-electron chi connectivity index (χ4n) is 2.63. The molecule has 0 saturated carbocycles. The molecular weight excluding hydrogens is 274 g/mol. The highest BCUT2D eigenvalue weighted by Gasteiger charge is 2.21. The van der Waals surface area contributed by atoms with Gasteiger partial charge in [0, 0.05) is 0 Å². The lowest BCUT2D eigenvalue weighted by Crippen LogP contribution is -3.28. The van der Waals surface area contributed by atoms with Crippen molar-refractivity contribution in [1.29, 1.82) is 0 Å². The number of hydrogen-bond donors (Lipinski definition) is 3. The van der Waals surface area contributed by atoms with Gasteiger partial charge < -0.3 is 15.1 Å². The lowest BCUT2D eigenvalue weighted by molar-refractivity contribution is -1.01. The maximum atomic E-state index is 11.9. The molecule has 1 fully saturated rings. The van der Waals surface area contributed by atoms with Crippen molar-refractivity contribution in [2.24, 2.45) is 0 Å². The fraction of sp³-hybridized carbons (Fsp3) is 0.533. The minimum Gasteiger partial charge on any atom is -0.326 e. The van der Waals surface area contributed by atoms with Crippen LogP contribution in [0.25, 0.3) is 0 Å². The summed E-state index contributed by atoms with van der Waals surface area (Å²) in [6.45, 7) is 9.13. The van der Waals surface area contributed by atoms with Crippen molar-refractivity contribution in [3.8, 4) is 0 Å². The van der Waals surface area contributed by atoms with Crippen molar-refractivity contribution >= 4 is 23.2 Å². The molecule has 0 aromatic heterocycles. The molecule has 20 heavy (non-hydrogen) atoms. The van der Waals surface area contributed by atoms with Gasteiger partial charge in [0.15, 0.2) is 0 Å². The molecule has 1 aromatic rings. The van der Waals surface area contributed by atoms with Crippen LogP contribution in [0, 0.1) is 0 Å². The smallest absolute Gasteiger partial charge is 0.230 e. The van der Waals surface area contributed by atoms with Crippen LogP contribution in [0.2, 0.25) is 5.02 Å². The quantitative estimate of drug-likeness (QED) is 0.672. The van der Waals surface area contributed by atoms with Crippen molar-refractivity contribution in [3.05, 3.63) is 29.3 Å². The van der Waals surface area contributed by atoms with Crippen molar-refractivity contribution in [3.63, 3.8) is 0 Å². The molecule has 1 aliphatic rings. The normalized spacial score (nSPS) is 22.5. The Hall–Kier alpha value is -1.10. The maximum Gasteiger partial charge on any atom is 0.230 e. The molecule has 4 nitrogen and oxygen atoms in total. The van der Waals surface area contributed by atoms with E-state index in [9.17, 15) is 4.79 Å². The predicted octanol–water partition coefficient (Wildman–Crippen LogP) is -0.528. The van der Waals surface area contributed by atoms with Crippen LogP contribution in [0.3, 0.4) is 0 Å². The molecule has 110 valence electrons. The molecular formula is C15H24ClN3O+2. The molecule has 3 N–H and O–H groups in total. The van der Waals surface area contributed by atoms with Crippen LogP contribution < -0.4 is 15.1 Å². The molecule has 5 heteroatoms. The van der Waals surface area contributed by atoms with E-state index in [1.165, 1.54) is 37.6 Å². The summed E-state index contributed by atoms with van der Waals surface area (Å²) in [5, 5.41) is 3.47. The van der Waals surface area contributed by atoms with Gasteiger partial charge in [0.25, 0.3) is 0 Å². The number of nitrogens with one attached hydrogen (secondary N) is 3. The van der Waals surface area contributed by atoms with Crippen LogP contribution in [-0.4, -0.2) is 45.2 Å². The minimum absolute atomic E-state index is 0.0517. The highest BCUT2D eigenvalue weighted by atomic mass is 35.5. The van der Waals surface area contributed by atoms with Crippen LogP contribution >= 0.6 is 11.6 Å². The average molecular weight is 298 g/mol. The molecule has 0 atom stereocenters. The summed E-state index contributed by atoms with van der Waals surface area (Å²) < 4.78 is 0. The molecule has 1 aromatic carbocycles. The van der Waals surface area contributed by atoms with Crippen molar-refractivity contribution in [1.82, 2.24) is 0 Å². The Balaban J connectivity index is 1.72. The van der Waals surface area contributed by atoms with E-state index in [1.54, 1.807) is 11.0 Å². The standard InChI is InChI=1S/C15H22ClN3O/c1-2-18-9-11-19(12-10-18)8-7-15(20)17-14-6-4-3-5-13(14)16/h3-6H,2,7-12H2,1H3,(H,17,20)/p+2. The first-order valence-electron chi connectivity index (χ1n) is 7.40. The van der Waals surface area contributed by atoms with Crippen molar-refractivity contribution in [2.45, 2.75) is 13.3 Å². The van der Waals surface area contributed by atoms with E-state index in [0.717, 1.165) is 6.54 Å². The van der Waals surface area contributed by atoms with E-state index < -0.39 is 0 Å². The monoisotopic (exact) mass is 297 g/mol. The van der Waals surface area contributed by atoms with E-state index in [0.29, 0.717) is 17.1 Å². The van der Waals surface area contributed by atoms with Gasteiger partial charge in [-0.25, -0.2) is 0 Å². The van der Waals surface area contributed by atoms with Crippen molar-refractivity contribution in [2.75, 3.05) is 44.6 Å². The second-order valence-electron chi connectivity index (χ2n) is 5.38. The van der Waals surface area contributed by atoms with Gasteiger partial charge in [-0.2, -0.15) is 0 Å². The number of amides is 1. The first-order chi connectivity index (χ1) is 9.69. The zero-order chi connectivity index (χ0) is 14.4. The summed E-state index contributed by atoms with van der Waals surface area (Å²) in [5.41, 5.74) is 0.703. The predicted molar refractivity (Wildman–Crippen MR) is 81.5 cm³/mol. The third-order valence-electron chi connectivity index (χ3n) is 4.02. The molecule has 0 aliphatic carbocycles. The highest BCUT2D eigenvalue weighted by molar-refractivity contribution is 6.33. The number of anilines is 1. The zero-order valence-corrected chi connectivity index (χ0v) is 12.8. The molecule has 0 spiro atoms. The summed E-state index contributed by atoms with van der Waals surface area (Å²) in [6, 6.07) is 7.35. The van der Waals surface area contributed by atoms with Gasteiger partial charge in [0.2, 0.25) is 5.91 Å². The summed E-state index contributed by atoms with van der Waals surface area (Å²) in [7, 11) is 0. The summed E-state index contributed by atoms with van der Waals surface area (Å²) in [5.74, 6) is 0.0517. The molecule has 2 rings (SSSR count). The lowest BCUT2D eigenvalue weighted by Gasteiger charge is -2.28. The number of rotatable bonds is 5. The number of likely N-dealkylation sites (N-methyl/N-ethyl adjacent to an activating group) is 1. The Bertz CT molecular complexity index is 444. The number of piperazine rings is 1. The number of halogens is 1. The zero-order valence-electron chi connectivity index (χ0n) is 12.0. The van der Waals surface area contributed by atoms with E-state index in [4.69, 9.17) is 11.6 Å². The van der Waals surface area contributed by atoms with Gasteiger partial charge in [-0.1, -0.05) is 23.7 Å². The van der Waals surface area contributed by atoms with Gasteiger partial charge in [-0.05, 0) is 19.1 Å². The largest absolute Gasteiger partial charge is 0.326 e. The highest BCUT2D eigenvalue weighted by Crippen LogP contribution is 2.20. The van der Waals surface area contributed by atoms with Crippen LogP contribution in [0.1, 0.15) is 13.3 Å². The van der Waals surface area contributed by atoms with E-state index >= 15 is 0 Å². The van der Waals surface area contributed by atoms with Crippen LogP contribution in [-0.2, 0) is 4.79 Å². The second kappa shape index (κ2) is 7.62. The van der Waals surface area contributed by atoms with Crippen molar-refractivity contribution < 1.29 is 14.6 Å². The number of benzene rings is 1. The topological polar surface area (TPSA) is 38.0 Å². The number of carbonyl (C=O) groups is 1. The Morgan fingerprint density at radius 3 is 2.50 bits per heavy atom. The number of para-hydroxylation sites is 1. The van der Waals surface area contributed by atoms with E-state index in [-0.39, 0.29) is 5.91 Å². The van der Waals surface area contributed by atoms with E-state index in [1.807, 2.05) is 18.2 Å². The summed E-state index contributed by atoms with van der Waals surface area (Å²) in [6.07, 6.45) is 0.558. The van der Waals surface area contributed by atoms with Gasteiger partial charge in [0.1, 0.15) is 26.2 Å². The lowest BCUT2D eigenvalue weighted by atomic mass is 10.2. The molecule has 1 saturated heterocycles. The van der Waals surface area contributed by atoms with E-state index in [2.05, 4.69) is 12.2 Å². The minimum atomic E-state index is 0.0517. The summed E-state index contributed by atoms with van der Waals surface area (Å²) >= 11 is 6.03. The molecule has 0 unspecified atom stereocenters. The van der Waals surface area contributed by atoms with Gasteiger partial charge in [-0.15, -0.1) is 0 Å². The Morgan fingerprint density at radius 1 is 1.20 bits per heavy atom.